The summed E-state index contributed by atoms with van der Waals surface area (Å²) in [4.78, 5) is 43.3. The van der Waals surface area contributed by atoms with E-state index in [1.807, 2.05) is 0 Å². The first kappa shape index (κ1) is 23.3. The number of pyridine rings is 1. The summed E-state index contributed by atoms with van der Waals surface area (Å²) in [7, 11) is 0. The molecule has 1 amide bonds. The number of nitrogens with zero attached hydrogens (tertiary/aromatic N) is 3. The van der Waals surface area contributed by atoms with Crippen LogP contribution in [0.1, 0.15) is 35.8 Å². The summed E-state index contributed by atoms with van der Waals surface area (Å²) >= 11 is 0. The van der Waals surface area contributed by atoms with Gasteiger partial charge in [-0.05, 0) is 57.0 Å². The molecule has 0 radical (unpaired) electrons. The number of likely N-dealkylation sites (tertiary alicyclic amines) is 1. The maximum Gasteiger partial charge on any atom is 0.339 e. The molecule has 1 saturated heterocycles. The molecule has 10 heteroatoms. The highest BCUT2D eigenvalue weighted by atomic mass is 19.1. The molecule has 9 nitrogen and oxygen atoms in total. The maximum absolute atomic E-state index is 13.3. The molecular weight excluding hydrogens is 445 g/mol. The lowest BCUT2D eigenvalue weighted by atomic mass is 9.97. The molecule has 1 aliphatic rings. The zero-order valence-corrected chi connectivity index (χ0v) is 18.9. The van der Waals surface area contributed by atoms with Gasteiger partial charge < -0.3 is 18.9 Å². The SMILES string of the molecule is CCOC(=O)C1CCN(C(=O)COC(=O)c2cc(-c3ccc(F)cc3)nc3onc(C)c23)CC1. The van der Waals surface area contributed by atoms with Crippen molar-refractivity contribution in [1.82, 2.24) is 15.0 Å². The number of rotatable bonds is 6. The predicted molar refractivity (Wildman–Crippen MR) is 118 cm³/mol. The third-order valence-electron chi connectivity index (χ3n) is 5.77. The lowest BCUT2D eigenvalue weighted by molar-refractivity contribution is -0.151. The van der Waals surface area contributed by atoms with Crippen LogP contribution in [0.4, 0.5) is 4.39 Å². The monoisotopic (exact) mass is 469 g/mol. The fraction of sp³-hybridized carbons (Fsp3) is 0.375. The third-order valence-corrected chi connectivity index (χ3v) is 5.77. The van der Waals surface area contributed by atoms with E-state index in [2.05, 4.69) is 10.1 Å². The summed E-state index contributed by atoms with van der Waals surface area (Å²) in [5, 5.41) is 4.26. The molecule has 1 aliphatic heterocycles. The fourth-order valence-electron chi connectivity index (χ4n) is 3.95. The van der Waals surface area contributed by atoms with E-state index >= 15 is 0 Å². The number of hydrogen-bond acceptors (Lipinski definition) is 8. The molecule has 0 aliphatic carbocycles. The molecule has 34 heavy (non-hydrogen) atoms. The standard InChI is InChI=1S/C24H24FN3O6/c1-3-32-23(30)16-8-10-28(11-9-16)20(29)13-33-24(31)18-12-19(15-4-6-17(25)7-5-15)26-22-21(18)14(2)27-34-22/h4-7,12,16H,3,8-11,13H2,1-2H3. The first-order valence-electron chi connectivity index (χ1n) is 11.0. The van der Waals surface area contributed by atoms with Gasteiger partial charge in [0.2, 0.25) is 0 Å². The fourth-order valence-corrected chi connectivity index (χ4v) is 3.95. The molecule has 0 saturated carbocycles. The van der Waals surface area contributed by atoms with Gasteiger partial charge in [0.05, 0.1) is 34.9 Å². The number of benzene rings is 1. The van der Waals surface area contributed by atoms with E-state index < -0.39 is 18.4 Å². The van der Waals surface area contributed by atoms with Crippen molar-refractivity contribution >= 4 is 28.9 Å². The lowest BCUT2D eigenvalue weighted by Crippen LogP contribution is -2.42. The van der Waals surface area contributed by atoms with Gasteiger partial charge in [-0.3, -0.25) is 9.59 Å². The number of carbonyl (C=O) groups is 3. The van der Waals surface area contributed by atoms with E-state index in [-0.39, 0.29) is 29.1 Å². The van der Waals surface area contributed by atoms with Crippen LogP contribution in [-0.2, 0) is 19.1 Å². The molecule has 0 atom stereocenters. The minimum atomic E-state index is -0.725. The zero-order chi connectivity index (χ0) is 24.2. The molecule has 0 bridgehead atoms. The molecule has 0 spiro atoms. The number of aryl methyl sites for hydroxylation is 1. The normalized spacial score (nSPS) is 14.3. The van der Waals surface area contributed by atoms with Crippen LogP contribution in [0.2, 0.25) is 0 Å². The van der Waals surface area contributed by atoms with Crippen molar-refractivity contribution in [2.24, 2.45) is 5.92 Å². The molecule has 1 aromatic carbocycles. The van der Waals surface area contributed by atoms with E-state index in [0.29, 0.717) is 54.9 Å². The van der Waals surface area contributed by atoms with Crippen LogP contribution in [0, 0.1) is 18.7 Å². The Bertz CT molecular complexity index is 1220. The molecule has 178 valence electrons. The Labute approximate surface area is 194 Å². The topological polar surface area (TPSA) is 112 Å². The van der Waals surface area contributed by atoms with Gasteiger partial charge in [-0.1, -0.05) is 5.16 Å². The summed E-state index contributed by atoms with van der Waals surface area (Å²) in [6.45, 7) is 4.08. The van der Waals surface area contributed by atoms with Gasteiger partial charge in [0, 0.05) is 18.7 Å². The molecule has 0 N–H and O–H groups in total. The highest BCUT2D eigenvalue weighted by Gasteiger charge is 2.29. The van der Waals surface area contributed by atoms with Crippen molar-refractivity contribution in [3.05, 3.63) is 47.4 Å². The van der Waals surface area contributed by atoms with E-state index in [4.69, 9.17) is 14.0 Å². The van der Waals surface area contributed by atoms with E-state index in [9.17, 15) is 18.8 Å². The van der Waals surface area contributed by atoms with Crippen LogP contribution < -0.4 is 0 Å². The van der Waals surface area contributed by atoms with Crippen molar-refractivity contribution in [3.63, 3.8) is 0 Å². The molecule has 4 rings (SSSR count). The van der Waals surface area contributed by atoms with Gasteiger partial charge >= 0.3 is 11.9 Å². The van der Waals surface area contributed by atoms with Crippen molar-refractivity contribution < 1.29 is 32.8 Å². The minimum absolute atomic E-state index is 0.138. The Kier molecular flexibility index (Phi) is 6.85. The number of carbonyl (C=O) groups excluding carboxylic acids is 3. The number of ether oxygens (including phenoxy) is 2. The lowest BCUT2D eigenvalue weighted by Gasteiger charge is -2.30. The summed E-state index contributed by atoms with van der Waals surface area (Å²) in [6, 6.07) is 7.15. The summed E-state index contributed by atoms with van der Waals surface area (Å²) < 4.78 is 28.9. The predicted octanol–water partition coefficient (Wildman–Crippen LogP) is 3.30. The third kappa shape index (κ3) is 4.90. The summed E-state index contributed by atoms with van der Waals surface area (Å²) in [5.74, 6) is -1.94. The van der Waals surface area contributed by atoms with E-state index in [0.717, 1.165) is 0 Å². The van der Waals surface area contributed by atoms with Crippen molar-refractivity contribution in [1.29, 1.82) is 0 Å². The summed E-state index contributed by atoms with van der Waals surface area (Å²) in [6.07, 6.45) is 1.01. The van der Waals surface area contributed by atoms with Crippen molar-refractivity contribution in [2.75, 3.05) is 26.3 Å². The van der Waals surface area contributed by atoms with Crippen LogP contribution in [0.3, 0.4) is 0 Å². The largest absolute Gasteiger partial charge is 0.466 e. The average Bonchev–Trinajstić information content (AvgIpc) is 3.23. The first-order chi connectivity index (χ1) is 16.4. The Morgan fingerprint density at radius 2 is 1.85 bits per heavy atom. The minimum Gasteiger partial charge on any atom is -0.466 e. The molecule has 3 aromatic rings. The second-order valence-electron chi connectivity index (χ2n) is 7.99. The highest BCUT2D eigenvalue weighted by molar-refractivity contribution is 6.04. The van der Waals surface area contributed by atoms with Gasteiger partial charge in [0.25, 0.3) is 11.6 Å². The number of esters is 2. The van der Waals surface area contributed by atoms with Crippen LogP contribution in [-0.4, -0.2) is 59.2 Å². The van der Waals surface area contributed by atoms with Crippen LogP contribution in [0.5, 0.6) is 0 Å². The Balaban J connectivity index is 1.46. The second-order valence-corrected chi connectivity index (χ2v) is 7.99. The van der Waals surface area contributed by atoms with E-state index in [1.54, 1.807) is 18.7 Å². The number of aromatic nitrogens is 2. The Hall–Kier alpha value is -3.82. The smallest absolute Gasteiger partial charge is 0.339 e. The number of amides is 1. The number of halogens is 1. The number of fused-ring (bicyclic) bond motifs is 1. The Morgan fingerprint density at radius 1 is 1.15 bits per heavy atom. The Morgan fingerprint density at radius 3 is 2.53 bits per heavy atom. The quantitative estimate of drug-likeness (QED) is 0.506. The number of hydrogen-bond donors (Lipinski definition) is 0. The number of piperidine rings is 1. The molecule has 3 heterocycles. The van der Waals surface area contributed by atoms with E-state index in [1.165, 1.54) is 30.3 Å². The zero-order valence-electron chi connectivity index (χ0n) is 18.9. The molecule has 0 unspecified atom stereocenters. The molecule has 2 aromatic heterocycles. The second kappa shape index (κ2) is 9.98. The van der Waals surface area contributed by atoms with Gasteiger partial charge in [-0.15, -0.1) is 0 Å². The van der Waals surface area contributed by atoms with Crippen molar-refractivity contribution in [2.45, 2.75) is 26.7 Å². The van der Waals surface area contributed by atoms with Gasteiger partial charge in [0.15, 0.2) is 6.61 Å². The van der Waals surface area contributed by atoms with Gasteiger partial charge in [-0.25, -0.2) is 14.2 Å². The van der Waals surface area contributed by atoms with Crippen LogP contribution in [0.25, 0.3) is 22.4 Å². The van der Waals surface area contributed by atoms with Gasteiger partial charge in [-0.2, -0.15) is 0 Å². The summed E-state index contributed by atoms with van der Waals surface area (Å²) in [5.41, 5.74) is 1.69. The maximum atomic E-state index is 13.3. The van der Waals surface area contributed by atoms with Crippen molar-refractivity contribution in [3.8, 4) is 11.3 Å². The highest BCUT2D eigenvalue weighted by Crippen LogP contribution is 2.28. The van der Waals surface area contributed by atoms with Crippen LogP contribution >= 0.6 is 0 Å². The average molecular weight is 469 g/mol. The molecular formula is C24H24FN3O6. The first-order valence-corrected chi connectivity index (χ1v) is 11.0. The molecule has 1 fully saturated rings. The van der Waals surface area contributed by atoms with Gasteiger partial charge in [0.1, 0.15) is 5.82 Å². The van der Waals surface area contributed by atoms with Crippen LogP contribution in [0.15, 0.2) is 34.9 Å².